The molecule has 28 heavy (non-hydrogen) atoms. The number of nitrogens with one attached hydrogen (secondary N) is 2. The highest BCUT2D eigenvalue weighted by Crippen LogP contribution is 2.25. The van der Waals surface area contributed by atoms with Crippen LogP contribution in [0.1, 0.15) is 25.0 Å². The molecular weight excluding hydrogens is 385 g/mol. The lowest BCUT2D eigenvalue weighted by Gasteiger charge is -2.31. The average molecular weight is 409 g/mol. The third-order valence-corrected chi connectivity index (χ3v) is 6.78. The van der Waals surface area contributed by atoms with E-state index >= 15 is 0 Å². The largest absolute Gasteiger partial charge is 0.467 e. The maximum atomic E-state index is 13.0. The number of carbonyl (C=O) groups excluding carboxylic acids is 1. The van der Waals surface area contributed by atoms with Gasteiger partial charge in [-0.05, 0) is 61.6 Å². The van der Waals surface area contributed by atoms with Crippen LogP contribution in [-0.2, 0) is 16.6 Å². The van der Waals surface area contributed by atoms with Crippen LogP contribution < -0.4 is 10.6 Å². The van der Waals surface area contributed by atoms with Gasteiger partial charge < -0.3 is 15.1 Å². The number of furan rings is 1. The molecule has 152 valence electrons. The topological polar surface area (TPSA) is 91.7 Å². The summed E-state index contributed by atoms with van der Waals surface area (Å²) in [6, 6.07) is 8.19. The van der Waals surface area contributed by atoms with Crippen LogP contribution >= 0.6 is 0 Å². The molecule has 0 unspecified atom stereocenters. The molecule has 1 aliphatic heterocycles. The molecular formula is C19H24FN3O4S. The normalized spacial score (nSPS) is 16.0. The zero-order valence-corrected chi connectivity index (χ0v) is 16.3. The van der Waals surface area contributed by atoms with Crippen molar-refractivity contribution in [1.82, 2.24) is 14.9 Å². The minimum Gasteiger partial charge on any atom is -0.467 e. The summed E-state index contributed by atoms with van der Waals surface area (Å²) in [4.78, 5) is 11.9. The summed E-state index contributed by atoms with van der Waals surface area (Å²) in [5.74, 6) is 0.577. The van der Waals surface area contributed by atoms with Gasteiger partial charge in [-0.2, -0.15) is 4.31 Å². The van der Waals surface area contributed by atoms with E-state index in [0.717, 1.165) is 31.4 Å². The lowest BCUT2D eigenvalue weighted by Crippen LogP contribution is -2.40. The summed E-state index contributed by atoms with van der Waals surface area (Å²) in [5, 5.41) is 5.52. The van der Waals surface area contributed by atoms with Crippen LogP contribution in [0.25, 0.3) is 0 Å². The van der Waals surface area contributed by atoms with Crippen LogP contribution in [0.15, 0.2) is 52.0 Å². The van der Waals surface area contributed by atoms with E-state index < -0.39 is 15.8 Å². The Morgan fingerprint density at radius 3 is 2.50 bits per heavy atom. The molecule has 0 saturated carbocycles. The van der Waals surface area contributed by atoms with Gasteiger partial charge in [-0.3, -0.25) is 0 Å². The van der Waals surface area contributed by atoms with Crippen molar-refractivity contribution >= 4 is 16.1 Å². The number of hydrogen-bond donors (Lipinski definition) is 2. The molecule has 7 nitrogen and oxygen atoms in total. The van der Waals surface area contributed by atoms with Crippen LogP contribution in [0.2, 0.25) is 0 Å². The van der Waals surface area contributed by atoms with Gasteiger partial charge >= 0.3 is 6.03 Å². The van der Waals surface area contributed by atoms with Gasteiger partial charge in [0.05, 0.1) is 17.7 Å². The van der Waals surface area contributed by atoms with Crippen molar-refractivity contribution in [3.63, 3.8) is 0 Å². The number of rotatable bonds is 7. The minimum atomic E-state index is -3.59. The number of nitrogens with zero attached hydrogens (tertiary/aromatic N) is 1. The number of benzene rings is 1. The highest BCUT2D eigenvalue weighted by Gasteiger charge is 2.29. The summed E-state index contributed by atoms with van der Waals surface area (Å²) < 4.78 is 44.8. The maximum absolute atomic E-state index is 13.0. The SMILES string of the molecule is O=C(NCCC1CCN(S(=O)(=O)c2ccc(F)cc2)CC1)NCc1ccco1. The lowest BCUT2D eigenvalue weighted by atomic mass is 9.95. The highest BCUT2D eigenvalue weighted by molar-refractivity contribution is 7.89. The Hall–Kier alpha value is -2.39. The Morgan fingerprint density at radius 2 is 1.86 bits per heavy atom. The molecule has 3 rings (SSSR count). The van der Waals surface area contributed by atoms with E-state index in [9.17, 15) is 17.6 Å². The molecule has 1 fully saturated rings. The Kier molecular flexibility index (Phi) is 6.69. The quantitative estimate of drug-likeness (QED) is 0.736. The first-order valence-corrected chi connectivity index (χ1v) is 10.7. The van der Waals surface area contributed by atoms with Gasteiger partial charge in [-0.25, -0.2) is 17.6 Å². The van der Waals surface area contributed by atoms with Crippen LogP contribution in [0.3, 0.4) is 0 Å². The minimum absolute atomic E-state index is 0.113. The van der Waals surface area contributed by atoms with E-state index in [4.69, 9.17) is 4.42 Å². The molecule has 0 aliphatic carbocycles. The van der Waals surface area contributed by atoms with Crippen molar-refractivity contribution in [3.8, 4) is 0 Å². The van der Waals surface area contributed by atoms with E-state index in [0.29, 0.717) is 37.9 Å². The fourth-order valence-corrected chi connectivity index (χ4v) is 4.70. The molecule has 0 bridgehead atoms. The van der Waals surface area contributed by atoms with E-state index in [1.807, 2.05) is 0 Å². The van der Waals surface area contributed by atoms with Gasteiger partial charge in [0.15, 0.2) is 0 Å². The molecule has 2 amide bonds. The van der Waals surface area contributed by atoms with Crippen LogP contribution in [0.5, 0.6) is 0 Å². The zero-order chi connectivity index (χ0) is 20.0. The van der Waals surface area contributed by atoms with Crippen molar-refractivity contribution in [3.05, 3.63) is 54.2 Å². The first-order chi connectivity index (χ1) is 13.4. The van der Waals surface area contributed by atoms with Gasteiger partial charge in [0.2, 0.25) is 10.0 Å². The summed E-state index contributed by atoms with van der Waals surface area (Å²) >= 11 is 0. The van der Waals surface area contributed by atoms with E-state index in [-0.39, 0.29) is 10.9 Å². The molecule has 1 aromatic carbocycles. The first-order valence-electron chi connectivity index (χ1n) is 9.25. The number of sulfonamides is 1. The van der Waals surface area contributed by atoms with Gasteiger partial charge in [0, 0.05) is 19.6 Å². The molecule has 1 aliphatic rings. The Morgan fingerprint density at radius 1 is 1.14 bits per heavy atom. The predicted octanol–water partition coefficient (Wildman–Crippen LogP) is 2.71. The standard InChI is InChI=1S/C19H24FN3O4S/c20-16-3-5-18(6-4-16)28(25,26)23-11-8-15(9-12-23)7-10-21-19(24)22-14-17-2-1-13-27-17/h1-6,13,15H,7-12,14H2,(H2,21,22,24). The Balaban J connectivity index is 1.38. The molecule has 0 radical (unpaired) electrons. The first kappa shape index (κ1) is 20.3. The molecule has 2 heterocycles. The monoisotopic (exact) mass is 409 g/mol. The fourth-order valence-electron chi connectivity index (χ4n) is 3.23. The number of urea groups is 1. The van der Waals surface area contributed by atoms with Gasteiger partial charge in [-0.1, -0.05) is 0 Å². The van der Waals surface area contributed by atoms with Crippen molar-refractivity contribution in [2.24, 2.45) is 5.92 Å². The molecule has 2 N–H and O–H groups in total. The second kappa shape index (κ2) is 9.20. The lowest BCUT2D eigenvalue weighted by molar-refractivity contribution is 0.234. The van der Waals surface area contributed by atoms with E-state index in [1.54, 1.807) is 18.4 Å². The summed E-state index contributed by atoms with van der Waals surface area (Å²) in [7, 11) is -3.59. The third-order valence-electron chi connectivity index (χ3n) is 4.87. The summed E-state index contributed by atoms with van der Waals surface area (Å²) in [6.07, 6.45) is 3.81. The van der Waals surface area contributed by atoms with E-state index in [1.165, 1.54) is 16.4 Å². The number of piperidine rings is 1. The van der Waals surface area contributed by atoms with Crippen LogP contribution in [0, 0.1) is 11.7 Å². The predicted molar refractivity (Wildman–Crippen MR) is 101 cm³/mol. The molecule has 1 aromatic heterocycles. The zero-order valence-electron chi connectivity index (χ0n) is 15.4. The highest BCUT2D eigenvalue weighted by atomic mass is 32.2. The third kappa shape index (κ3) is 5.32. The maximum Gasteiger partial charge on any atom is 0.315 e. The van der Waals surface area contributed by atoms with Gasteiger partial charge in [-0.15, -0.1) is 0 Å². The van der Waals surface area contributed by atoms with Crippen molar-refractivity contribution in [2.75, 3.05) is 19.6 Å². The Bertz CT molecular complexity index is 861. The van der Waals surface area contributed by atoms with Crippen LogP contribution in [-0.4, -0.2) is 38.4 Å². The van der Waals surface area contributed by atoms with E-state index in [2.05, 4.69) is 10.6 Å². The number of amides is 2. The summed E-state index contributed by atoms with van der Waals surface area (Å²) in [5.41, 5.74) is 0. The smallest absolute Gasteiger partial charge is 0.315 e. The fraction of sp³-hybridized carbons (Fsp3) is 0.421. The number of hydrogen-bond acceptors (Lipinski definition) is 4. The van der Waals surface area contributed by atoms with Crippen molar-refractivity contribution < 1.29 is 22.0 Å². The molecule has 1 saturated heterocycles. The molecule has 9 heteroatoms. The van der Waals surface area contributed by atoms with Crippen molar-refractivity contribution in [2.45, 2.75) is 30.7 Å². The average Bonchev–Trinajstić information content (AvgIpc) is 3.21. The van der Waals surface area contributed by atoms with Crippen molar-refractivity contribution in [1.29, 1.82) is 0 Å². The number of halogens is 1. The molecule has 0 spiro atoms. The Labute approximate surface area is 164 Å². The summed E-state index contributed by atoms with van der Waals surface area (Å²) in [6.45, 7) is 1.71. The molecule has 0 atom stereocenters. The van der Waals surface area contributed by atoms with Gasteiger partial charge in [0.1, 0.15) is 11.6 Å². The second-order valence-electron chi connectivity index (χ2n) is 6.78. The second-order valence-corrected chi connectivity index (χ2v) is 8.72. The number of carbonyl (C=O) groups is 1. The van der Waals surface area contributed by atoms with Crippen LogP contribution in [0.4, 0.5) is 9.18 Å². The molecule has 2 aromatic rings. The van der Waals surface area contributed by atoms with Gasteiger partial charge in [0.25, 0.3) is 0 Å².